The molecule has 0 radical (unpaired) electrons. The Hall–Kier alpha value is -1.85. The first kappa shape index (κ1) is 24.3. The zero-order chi connectivity index (χ0) is 23.8. The van der Waals surface area contributed by atoms with E-state index in [1.807, 2.05) is 0 Å². The summed E-state index contributed by atoms with van der Waals surface area (Å²) in [4.78, 5) is 0.0428. The number of alkyl halides is 3. The third kappa shape index (κ3) is 5.14. The highest BCUT2D eigenvalue weighted by molar-refractivity contribution is 7.89. The molecular formula is C22H25ClF3N3O3S. The van der Waals surface area contributed by atoms with E-state index in [1.54, 1.807) is 12.1 Å². The van der Waals surface area contributed by atoms with Crippen molar-refractivity contribution in [3.05, 3.63) is 58.6 Å². The van der Waals surface area contributed by atoms with E-state index in [4.69, 9.17) is 16.3 Å². The van der Waals surface area contributed by atoms with Crippen molar-refractivity contribution in [2.45, 2.75) is 42.4 Å². The summed E-state index contributed by atoms with van der Waals surface area (Å²) in [5.41, 5.74) is 6.22. The van der Waals surface area contributed by atoms with Crippen LogP contribution in [0.5, 0.6) is 5.75 Å². The molecule has 4 rings (SSSR count). The smallest absolute Gasteiger partial charge is 0.416 e. The number of nitrogens with zero attached hydrogens (tertiary/aromatic N) is 1. The Bertz CT molecular complexity index is 1110. The van der Waals surface area contributed by atoms with Gasteiger partial charge in [-0.3, -0.25) is 10.9 Å². The lowest BCUT2D eigenvalue weighted by molar-refractivity contribution is -0.137. The molecule has 2 N–H and O–H groups in total. The summed E-state index contributed by atoms with van der Waals surface area (Å²) in [5.74, 6) is 0.438. The second-order valence-electron chi connectivity index (χ2n) is 8.34. The molecule has 2 atom stereocenters. The molecule has 0 saturated carbocycles. The maximum atomic E-state index is 13.2. The molecule has 2 saturated heterocycles. The zero-order valence-corrected chi connectivity index (χ0v) is 19.5. The van der Waals surface area contributed by atoms with Crippen molar-refractivity contribution in [1.29, 1.82) is 0 Å². The van der Waals surface area contributed by atoms with E-state index in [0.717, 1.165) is 6.07 Å². The van der Waals surface area contributed by atoms with Crippen LogP contribution in [0.15, 0.2) is 47.4 Å². The molecule has 0 spiro atoms. The predicted octanol–water partition coefficient (Wildman–Crippen LogP) is 4.38. The minimum Gasteiger partial charge on any atom is -0.495 e. The van der Waals surface area contributed by atoms with Crippen molar-refractivity contribution in [3.8, 4) is 5.75 Å². The van der Waals surface area contributed by atoms with E-state index in [1.165, 1.54) is 35.7 Å². The van der Waals surface area contributed by atoms with Crippen LogP contribution in [0.3, 0.4) is 0 Å². The standard InChI is InChI=1S/C22H25ClF3N3O3S/c1-32-20-6-5-17(23)12-21(20)33(30,31)29-9-7-14(8-10-29)18-13-19(28-27-18)15-3-2-4-16(11-15)22(24,25)26/h2-6,11-12,14,18-19,27-28H,7-10,13H2,1H3. The summed E-state index contributed by atoms with van der Waals surface area (Å²) >= 11 is 6.01. The van der Waals surface area contributed by atoms with Gasteiger partial charge in [0.2, 0.25) is 10.0 Å². The van der Waals surface area contributed by atoms with Gasteiger partial charge in [0.15, 0.2) is 0 Å². The zero-order valence-electron chi connectivity index (χ0n) is 17.9. The molecule has 0 aromatic heterocycles. The van der Waals surface area contributed by atoms with Crippen LogP contribution in [-0.2, 0) is 16.2 Å². The van der Waals surface area contributed by atoms with Crippen LogP contribution in [0, 0.1) is 5.92 Å². The number of hydrazine groups is 1. The van der Waals surface area contributed by atoms with Crippen LogP contribution in [0.25, 0.3) is 0 Å². The number of hydrogen-bond donors (Lipinski definition) is 2. The summed E-state index contributed by atoms with van der Waals surface area (Å²) in [5, 5.41) is 0.311. The maximum absolute atomic E-state index is 13.2. The van der Waals surface area contributed by atoms with Gasteiger partial charge < -0.3 is 4.74 Å². The average molecular weight is 504 g/mol. The number of methoxy groups -OCH3 is 1. The SMILES string of the molecule is COc1ccc(Cl)cc1S(=O)(=O)N1CCC(C2CC(c3cccc(C(F)(F)F)c3)NN2)CC1. The summed E-state index contributed by atoms with van der Waals surface area (Å²) < 4.78 is 72.1. The number of piperidine rings is 1. The number of rotatable bonds is 5. The fourth-order valence-corrected chi connectivity index (χ4v) is 6.44. The summed E-state index contributed by atoms with van der Waals surface area (Å²) in [6, 6.07) is 9.64. The monoisotopic (exact) mass is 503 g/mol. The molecule has 33 heavy (non-hydrogen) atoms. The van der Waals surface area contributed by atoms with Gasteiger partial charge in [-0.15, -0.1) is 0 Å². The molecule has 2 aromatic carbocycles. The van der Waals surface area contributed by atoms with E-state index >= 15 is 0 Å². The third-order valence-corrected chi connectivity index (χ3v) is 8.51. The van der Waals surface area contributed by atoms with Crippen molar-refractivity contribution in [1.82, 2.24) is 15.2 Å². The van der Waals surface area contributed by atoms with Crippen molar-refractivity contribution in [2.75, 3.05) is 20.2 Å². The first-order valence-corrected chi connectivity index (χ1v) is 12.4. The molecule has 2 aromatic rings. The summed E-state index contributed by atoms with van der Waals surface area (Å²) in [7, 11) is -2.35. The fraction of sp³-hybridized carbons (Fsp3) is 0.455. The second kappa shape index (κ2) is 9.42. The molecule has 0 bridgehead atoms. The van der Waals surface area contributed by atoms with Crippen LogP contribution in [0.2, 0.25) is 5.02 Å². The predicted molar refractivity (Wildman–Crippen MR) is 118 cm³/mol. The lowest BCUT2D eigenvalue weighted by Gasteiger charge is -2.34. The molecular weight excluding hydrogens is 479 g/mol. The van der Waals surface area contributed by atoms with E-state index in [2.05, 4.69) is 10.9 Å². The second-order valence-corrected chi connectivity index (χ2v) is 10.7. The normalized spacial score (nSPS) is 23.1. The van der Waals surface area contributed by atoms with Crippen molar-refractivity contribution in [2.24, 2.45) is 5.92 Å². The minimum atomic E-state index is -4.38. The Balaban J connectivity index is 1.40. The van der Waals surface area contributed by atoms with Crippen LogP contribution >= 0.6 is 11.6 Å². The van der Waals surface area contributed by atoms with Crippen LogP contribution in [0.4, 0.5) is 13.2 Å². The Labute approximate surface area is 196 Å². The van der Waals surface area contributed by atoms with Crippen molar-refractivity contribution >= 4 is 21.6 Å². The van der Waals surface area contributed by atoms with E-state index in [9.17, 15) is 21.6 Å². The highest BCUT2D eigenvalue weighted by Gasteiger charge is 2.38. The highest BCUT2D eigenvalue weighted by atomic mass is 35.5. The Morgan fingerprint density at radius 3 is 2.48 bits per heavy atom. The van der Waals surface area contributed by atoms with Gasteiger partial charge in [0.25, 0.3) is 0 Å². The molecule has 2 aliphatic rings. The summed E-state index contributed by atoms with van der Waals surface area (Å²) in [6.07, 6.45) is -2.49. The molecule has 0 aliphatic carbocycles. The van der Waals surface area contributed by atoms with Gasteiger partial charge in [0.1, 0.15) is 10.6 Å². The number of nitrogens with one attached hydrogen (secondary N) is 2. The van der Waals surface area contributed by atoms with Crippen LogP contribution in [0.1, 0.15) is 36.4 Å². The van der Waals surface area contributed by atoms with E-state index in [0.29, 0.717) is 42.9 Å². The first-order chi connectivity index (χ1) is 15.6. The van der Waals surface area contributed by atoms with Gasteiger partial charge in [0.05, 0.1) is 12.7 Å². The van der Waals surface area contributed by atoms with Gasteiger partial charge in [-0.1, -0.05) is 23.7 Å². The Morgan fingerprint density at radius 2 is 1.82 bits per heavy atom. The highest BCUT2D eigenvalue weighted by Crippen LogP contribution is 2.36. The third-order valence-electron chi connectivity index (χ3n) is 6.36. The minimum absolute atomic E-state index is 0.0371. The molecule has 11 heteroatoms. The molecule has 2 aliphatic heterocycles. The number of halogens is 4. The lowest BCUT2D eigenvalue weighted by atomic mass is 9.87. The molecule has 2 fully saturated rings. The van der Waals surface area contributed by atoms with Gasteiger partial charge in [0, 0.05) is 30.2 Å². The quantitative estimate of drug-likeness (QED) is 0.634. The largest absolute Gasteiger partial charge is 0.495 e. The number of sulfonamides is 1. The van der Waals surface area contributed by atoms with Crippen LogP contribution in [-0.4, -0.2) is 39.0 Å². The molecule has 0 amide bonds. The van der Waals surface area contributed by atoms with Crippen molar-refractivity contribution in [3.63, 3.8) is 0 Å². The molecule has 180 valence electrons. The first-order valence-electron chi connectivity index (χ1n) is 10.6. The van der Waals surface area contributed by atoms with Gasteiger partial charge >= 0.3 is 6.18 Å². The molecule has 2 unspecified atom stereocenters. The summed E-state index contributed by atoms with van der Waals surface area (Å²) in [6.45, 7) is 0.685. The Kier molecular flexibility index (Phi) is 6.93. The lowest BCUT2D eigenvalue weighted by Crippen LogP contribution is -2.44. The molecule has 6 nitrogen and oxygen atoms in total. The topological polar surface area (TPSA) is 70.7 Å². The van der Waals surface area contributed by atoms with Gasteiger partial charge in [-0.05, 0) is 61.1 Å². The van der Waals surface area contributed by atoms with E-state index in [-0.39, 0.29) is 28.6 Å². The van der Waals surface area contributed by atoms with Crippen LogP contribution < -0.4 is 15.6 Å². The maximum Gasteiger partial charge on any atom is 0.416 e. The number of benzene rings is 2. The fourth-order valence-electron chi connectivity index (χ4n) is 4.55. The molecule has 2 heterocycles. The average Bonchev–Trinajstić information content (AvgIpc) is 3.29. The van der Waals surface area contributed by atoms with E-state index < -0.39 is 21.8 Å². The van der Waals surface area contributed by atoms with Crippen molar-refractivity contribution < 1.29 is 26.3 Å². The number of hydrogen-bond acceptors (Lipinski definition) is 5. The van der Waals surface area contributed by atoms with Gasteiger partial charge in [-0.2, -0.15) is 17.5 Å². The number of ether oxygens (including phenoxy) is 1. The Morgan fingerprint density at radius 1 is 1.09 bits per heavy atom. The van der Waals surface area contributed by atoms with Gasteiger partial charge in [-0.25, -0.2) is 8.42 Å².